The number of hydrogen-bond donors (Lipinski definition) is 1. The molecule has 19 heavy (non-hydrogen) atoms. The molecule has 0 spiro atoms. The third kappa shape index (κ3) is 4.45. The zero-order valence-corrected chi connectivity index (χ0v) is 11.1. The van der Waals surface area contributed by atoms with Crippen molar-refractivity contribution in [3.63, 3.8) is 0 Å². The van der Waals surface area contributed by atoms with Gasteiger partial charge in [-0.15, -0.1) is 0 Å². The minimum Gasteiger partial charge on any atom is -0.379 e. The maximum Gasteiger partial charge on any atom is 0.312 e. The molecule has 0 aliphatic carbocycles. The standard InChI is InChI=1S/C12H21N3O4/c16-11(12(17)15-5-9-19-10-6-15)13-1-2-14-3-7-18-8-4-14/h1-10H2,(H,13,16). The Morgan fingerprint density at radius 3 is 2.16 bits per heavy atom. The first-order valence-electron chi connectivity index (χ1n) is 6.72. The molecule has 2 fully saturated rings. The van der Waals surface area contributed by atoms with Crippen molar-refractivity contribution in [1.29, 1.82) is 0 Å². The van der Waals surface area contributed by atoms with Gasteiger partial charge in [0.15, 0.2) is 0 Å². The molecule has 0 saturated carbocycles. The molecular formula is C12H21N3O4. The predicted molar refractivity (Wildman–Crippen MR) is 67.7 cm³/mol. The maximum atomic E-state index is 11.8. The molecule has 0 aromatic carbocycles. The molecule has 2 rings (SSSR count). The quantitative estimate of drug-likeness (QED) is 0.619. The highest BCUT2D eigenvalue weighted by Gasteiger charge is 2.23. The van der Waals surface area contributed by atoms with Crippen molar-refractivity contribution in [1.82, 2.24) is 15.1 Å². The Morgan fingerprint density at radius 1 is 0.947 bits per heavy atom. The van der Waals surface area contributed by atoms with Crippen molar-refractivity contribution in [2.24, 2.45) is 0 Å². The lowest BCUT2D eigenvalue weighted by molar-refractivity contribution is -0.148. The normalized spacial score (nSPS) is 21.2. The van der Waals surface area contributed by atoms with Gasteiger partial charge in [-0.3, -0.25) is 14.5 Å². The minimum absolute atomic E-state index is 0.453. The summed E-state index contributed by atoms with van der Waals surface area (Å²) in [6.07, 6.45) is 0. The van der Waals surface area contributed by atoms with Crippen molar-refractivity contribution in [2.75, 3.05) is 65.7 Å². The van der Waals surface area contributed by atoms with Gasteiger partial charge in [-0.25, -0.2) is 0 Å². The van der Waals surface area contributed by atoms with Gasteiger partial charge in [0.1, 0.15) is 0 Å². The Bertz CT molecular complexity index is 312. The van der Waals surface area contributed by atoms with E-state index < -0.39 is 11.8 Å². The zero-order valence-electron chi connectivity index (χ0n) is 11.1. The van der Waals surface area contributed by atoms with Crippen molar-refractivity contribution >= 4 is 11.8 Å². The van der Waals surface area contributed by atoms with E-state index >= 15 is 0 Å². The lowest BCUT2D eigenvalue weighted by Gasteiger charge is -2.27. The lowest BCUT2D eigenvalue weighted by Crippen LogP contribution is -2.49. The Balaban J connectivity index is 1.64. The molecular weight excluding hydrogens is 250 g/mol. The number of nitrogens with zero attached hydrogens (tertiary/aromatic N) is 2. The Labute approximate surface area is 112 Å². The minimum atomic E-state index is -0.518. The van der Waals surface area contributed by atoms with Crippen molar-refractivity contribution in [3.8, 4) is 0 Å². The lowest BCUT2D eigenvalue weighted by atomic mass is 10.3. The van der Waals surface area contributed by atoms with Crippen LogP contribution < -0.4 is 5.32 Å². The molecule has 2 heterocycles. The summed E-state index contributed by atoms with van der Waals surface area (Å²) in [7, 11) is 0. The molecule has 2 aliphatic rings. The summed E-state index contributed by atoms with van der Waals surface area (Å²) in [6, 6.07) is 0. The second-order valence-corrected chi connectivity index (χ2v) is 4.61. The van der Waals surface area contributed by atoms with E-state index in [1.165, 1.54) is 4.90 Å². The van der Waals surface area contributed by atoms with Gasteiger partial charge in [-0.05, 0) is 0 Å². The van der Waals surface area contributed by atoms with Crippen LogP contribution in [-0.4, -0.2) is 87.3 Å². The predicted octanol–water partition coefficient (Wildman–Crippen LogP) is -1.71. The second-order valence-electron chi connectivity index (χ2n) is 4.61. The molecule has 7 heteroatoms. The Hall–Kier alpha value is -1.18. The fraction of sp³-hybridized carbons (Fsp3) is 0.833. The first-order chi connectivity index (χ1) is 9.27. The van der Waals surface area contributed by atoms with E-state index in [1.54, 1.807) is 0 Å². The number of carbonyl (C=O) groups excluding carboxylic acids is 2. The molecule has 0 atom stereocenters. The Kier molecular flexibility index (Phi) is 5.56. The summed E-state index contributed by atoms with van der Waals surface area (Å²) in [5.41, 5.74) is 0. The molecule has 0 unspecified atom stereocenters. The van der Waals surface area contributed by atoms with Crippen LogP contribution in [0.5, 0.6) is 0 Å². The molecule has 2 aliphatic heterocycles. The van der Waals surface area contributed by atoms with Crippen LogP contribution in [0.25, 0.3) is 0 Å². The fourth-order valence-electron chi connectivity index (χ4n) is 2.14. The number of ether oxygens (including phenoxy) is 2. The summed E-state index contributed by atoms with van der Waals surface area (Å²) in [5.74, 6) is -0.972. The van der Waals surface area contributed by atoms with Crippen LogP contribution in [0, 0.1) is 0 Å². The van der Waals surface area contributed by atoms with E-state index in [0.29, 0.717) is 32.8 Å². The third-order valence-electron chi connectivity index (χ3n) is 3.31. The van der Waals surface area contributed by atoms with Crippen LogP contribution in [0.2, 0.25) is 0 Å². The average Bonchev–Trinajstić information content (AvgIpc) is 2.48. The van der Waals surface area contributed by atoms with Crippen LogP contribution in [0.3, 0.4) is 0 Å². The van der Waals surface area contributed by atoms with Crippen molar-refractivity contribution in [2.45, 2.75) is 0 Å². The first kappa shape index (κ1) is 14.2. The first-order valence-corrected chi connectivity index (χ1v) is 6.72. The van der Waals surface area contributed by atoms with Gasteiger partial charge in [-0.1, -0.05) is 0 Å². The number of carbonyl (C=O) groups is 2. The van der Waals surface area contributed by atoms with Crippen molar-refractivity contribution < 1.29 is 19.1 Å². The van der Waals surface area contributed by atoms with Crippen LogP contribution in [0.1, 0.15) is 0 Å². The Morgan fingerprint density at radius 2 is 1.53 bits per heavy atom. The molecule has 7 nitrogen and oxygen atoms in total. The SMILES string of the molecule is O=C(NCCN1CCOCC1)C(=O)N1CCOCC1. The average molecular weight is 271 g/mol. The van der Waals surface area contributed by atoms with Crippen LogP contribution in [0.4, 0.5) is 0 Å². The van der Waals surface area contributed by atoms with Gasteiger partial charge in [0.25, 0.3) is 0 Å². The molecule has 0 bridgehead atoms. The number of amides is 2. The van der Waals surface area contributed by atoms with Gasteiger partial charge < -0.3 is 19.7 Å². The van der Waals surface area contributed by atoms with Gasteiger partial charge in [0.05, 0.1) is 26.4 Å². The number of nitrogens with one attached hydrogen (secondary N) is 1. The zero-order chi connectivity index (χ0) is 13.5. The van der Waals surface area contributed by atoms with Crippen molar-refractivity contribution in [3.05, 3.63) is 0 Å². The van der Waals surface area contributed by atoms with E-state index in [9.17, 15) is 9.59 Å². The van der Waals surface area contributed by atoms with Gasteiger partial charge in [-0.2, -0.15) is 0 Å². The van der Waals surface area contributed by atoms with Gasteiger partial charge >= 0.3 is 11.8 Å². The molecule has 0 radical (unpaired) electrons. The summed E-state index contributed by atoms with van der Waals surface area (Å²) < 4.78 is 10.4. The van der Waals surface area contributed by atoms with E-state index in [2.05, 4.69) is 10.2 Å². The maximum absolute atomic E-state index is 11.8. The highest BCUT2D eigenvalue weighted by molar-refractivity contribution is 6.35. The van der Waals surface area contributed by atoms with Gasteiger partial charge in [0.2, 0.25) is 0 Å². The topological polar surface area (TPSA) is 71.1 Å². The van der Waals surface area contributed by atoms with E-state index in [0.717, 1.165) is 32.8 Å². The molecule has 0 aromatic rings. The molecule has 2 saturated heterocycles. The summed E-state index contributed by atoms with van der Waals surface area (Å²) in [4.78, 5) is 27.2. The van der Waals surface area contributed by atoms with Crippen LogP contribution >= 0.6 is 0 Å². The fourth-order valence-corrected chi connectivity index (χ4v) is 2.14. The van der Waals surface area contributed by atoms with Crippen LogP contribution in [-0.2, 0) is 19.1 Å². The molecule has 2 amide bonds. The molecule has 1 N–H and O–H groups in total. The number of rotatable bonds is 3. The molecule has 108 valence electrons. The second kappa shape index (κ2) is 7.42. The summed E-state index contributed by atoms with van der Waals surface area (Å²) in [6.45, 7) is 6.49. The largest absolute Gasteiger partial charge is 0.379 e. The van der Waals surface area contributed by atoms with E-state index in [4.69, 9.17) is 9.47 Å². The van der Waals surface area contributed by atoms with E-state index in [-0.39, 0.29) is 0 Å². The highest BCUT2D eigenvalue weighted by atomic mass is 16.5. The molecule has 0 aromatic heterocycles. The summed E-state index contributed by atoms with van der Waals surface area (Å²) in [5, 5.41) is 2.67. The number of hydrogen-bond acceptors (Lipinski definition) is 5. The van der Waals surface area contributed by atoms with E-state index in [1.807, 2.05) is 0 Å². The summed E-state index contributed by atoms with van der Waals surface area (Å²) >= 11 is 0. The third-order valence-corrected chi connectivity index (χ3v) is 3.31. The number of morpholine rings is 2. The van der Waals surface area contributed by atoms with Crippen LogP contribution in [0.15, 0.2) is 0 Å². The van der Waals surface area contributed by atoms with Gasteiger partial charge in [0, 0.05) is 39.3 Å². The monoisotopic (exact) mass is 271 g/mol. The smallest absolute Gasteiger partial charge is 0.312 e. The highest BCUT2D eigenvalue weighted by Crippen LogP contribution is 1.98.